The van der Waals surface area contributed by atoms with Gasteiger partial charge in [0.15, 0.2) is 8.32 Å². The van der Waals surface area contributed by atoms with E-state index in [1.807, 2.05) is 0 Å². The van der Waals surface area contributed by atoms with Crippen LogP contribution in [0.2, 0.25) is 19.1 Å². The molecule has 0 amide bonds. The van der Waals surface area contributed by atoms with E-state index in [1.165, 1.54) is 0 Å². The van der Waals surface area contributed by atoms with Crippen LogP contribution in [0.1, 0.15) is 40.0 Å². The summed E-state index contributed by atoms with van der Waals surface area (Å²) in [5, 5.41) is 10.6. The molecule has 2 nitrogen and oxygen atoms in total. The molecule has 16 heavy (non-hydrogen) atoms. The molecular weight excluding hydrogens is 243 g/mol. The topological polar surface area (TPSA) is 29.5 Å². The minimum atomic E-state index is -1.66. The van der Waals surface area contributed by atoms with Crippen molar-refractivity contribution in [2.45, 2.75) is 70.9 Å². The van der Waals surface area contributed by atoms with Crippen molar-refractivity contribution in [3.63, 3.8) is 0 Å². The fraction of sp³-hybridized carbons (Fsp3) is 0.917. The van der Waals surface area contributed by atoms with E-state index in [2.05, 4.69) is 33.9 Å². The molecule has 0 radical (unpaired) electrons. The van der Waals surface area contributed by atoms with E-state index < -0.39 is 13.9 Å². The Bertz CT molecular complexity index is 223. The molecule has 1 aliphatic rings. The predicted octanol–water partition coefficient (Wildman–Crippen LogP) is 0.130. The number of hydrogen-bond acceptors (Lipinski definition) is 2. The van der Waals surface area contributed by atoms with Gasteiger partial charge < -0.3 is 9.53 Å². The molecule has 90 valence electrons. The summed E-state index contributed by atoms with van der Waals surface area (Å²) < 4.78 is 6.17. The maximum Gasteiger partial charge on any atom is 1.00 e. The fourth-order valence-corrected chi connectivity index (χ4v) is 5.69. The second-order valence-electron chi connectivity index (χ2n) is 5.40. The maximum atomic E-state index is 10.6. The molecule has 0 unspecified atom stereocenters. The fourth-order valence-electron chi connectivity index (χ4n) is 2.60. The number of aliphatic hydroxyl groups is 1. The van der Waals surface area contributed by atoms with Gasteiger partial charge in [0.1, 0.15) is 0 Å². The van der Waals surface area contributed by atoms with Crippen LogP contribution >= 0.6 is 0 Å². The molecule has 1 saturated heterocycles. The van der Waals surface area contributed by atoms with E-state index in [0.717, 1.165) is 31.2 Å². The van der Waals surface area contributed by atoms with Crippen LogP contribution in [0.25, 0.3) is 0 Å². The molecule has 0 bridgehead atoms. The van der Waals surface area contributed by atoms with Crippen LogP contribution < -0.4 is 51.4 Å². The van der Waals surface area contributed by atoms with E-state index in [4.69, 9.17) is 4.43 Å². The Hall–Kier alpha value is 1.77. The zero-order valence-electron chi connectivity index (χ0n) is 11.8. The summed E-state index contributed by atoms with van der Waals surface area (Å²) in [4.78, 5) is 0. The van der Waals surface area contributed by atoms with Gasteiger partial charge in [-0.05, 0) is 19.1 Å². The van der Waals surface area contributed by atoms with Crippen molar-refractivity contribution in [2.24, 2.45) is 0 Å². The normalized spacial score (nSPS) is 34.5. The Kier molecular flexibility index (Phi) is 7.55. The molecule has 1 N–H and O–H groups in total. The van der Waals surface area contributed by atoms with Gasteiger partial charge in [0.25, 0.3) is 0 Å². The Morgan fingerprint density at radius 3 is 2.44 bits per heavy atom. The molecule has 0 aromatic rings. The summed E-state index contributed by atoms with van der Waals surface area (Å²) in [6.07, 6.45) is 3.17. The van der Waals surface area contributed by atoms with Crippen molar-refractivity contribution < 1.29 is 60.9 Å². The quantitative estimate of drug-likeness (QED) is 0.582. The van der Waals surface area contributed by atoms with Gasteiger partial charge in [0, 0.05) is 0 Å². The molecule has 0 aliphatic carbocycles. The molecule has 0 aromatic heterocycles. The molecular formula is C12H25KO2Si. The third-order valence-corrected chi connectivity index (χ3v) is 5.89. The zero-order valence-corrected chi connectivity index (χ0v) is 15.9. The van der Waals surface area contributed by atoms with Crippen LogP contribution in [0.4, 0.5) is 0 Å². The van der Waals surface area contributed by atoms with Crippen molar-refractivity contribution in [3.05, 3.63) is 5.92 Å². The first kappa shape index (κ1) is 17.8. The third-order valence-electron chi connectivity index (χ3n) is 3.53. The van der Waals surface area contributed by atoms with Crippen molar-refractivity contribution >= 4 is 8.32 Å². The van der Waals surface area contributed by atoms with Gasteiger partial charge in [-0.15, -0.1) is 0 Å². The second-order valence-corrected chi connectivity index (χ2v) is 9.51. The van der Waals surface area contributed by atoms with E-state index >= 15 is 0 Å². The SMILES string of the molecule is CCC[C@@H]1O[Si](C)(C)C[C@@](O)(CC)[C-]1C.[K+]. The smallest absolute Gasteiger partial charge is 0.445 e. The Balaban J connectivity index is 0.00000225. The van der Waals surface area contributed by atoms with Gasteiger partial charge in [-0.25, -0.2) is 0 Å². The first-order valence-electron chi connectivity index (χ1n) is 6.09. The van der Waals surface area contributed by atoms with Gasteiger partial charge in [0.05, 0.1) is 0 Å². The number of rotatable bonds is 3. The van der Waals surface area contributed by atoms with Crippen LogP contribution in [0.15, 0.2) is 0 Å². The molecule has 2 atom stereocenters. The molecule has 1 rings (SSSR count). The van der Waals surface area contributed by atoms with Crippen molar-refractivity contribution in [3.8, 4) is 0 Å². The minimum absolute atomic E-state index is 0. The summed E-state index contributed by atoms with van der Waals surface area (Å²) in [7, 11) is -1.66. The third kappa shape index (κ3) is 4.16. The Morgan fingerprint density at radius 2 is 2.00 bits per heavy atom. The van der Waals surface area contributed by atoms with Crippen LogP contribution in [-0.2, 0) is 4.43 Å². The van der Waals surface area contributed by atoms with Crippen LogP contribution in [0, 0.1) is 5.92 Å². The van der Waals surface area contributed by atoms with Gasteiger partial charge >= 0.3 is 51.4 Å². The second kappa shape index (κ2) is 6.80. The zero-order chi connectivity index (χ0) is 11.7. The van der Waals surface area contributed by atoms with Gasteiger partial charge in [-0.3, -0.25) is 5.92 Å². The molecule has 1 fully saturated rings. The molecule has 1 heterocycles. The molecule has 1 aliphatic heterocycles. The molecule has 0 spiro atoms. The first-order chi connectivity index (χ1) is 6.84. The van der Waals surface area contributed by atoms with Crippen LogP contribution in [0.3, 0.4) is 0 Å². The van der Waals surface area contributed by atoms with Gasteiger partial charge in [0.2, 0.25) is 0 Å². The summed E-state index contributed by atoms with van der Waals surface area (Å²) in [6.45, 7) is 10.7. The standard InChI is InChI=1S/C12H25O2Si.K/c1-6-8-11-10(3)12(13,7-2)9-15(4,5)14-11;/h11,13H,6-9H2,1-5H3;/q-1;+1/t11-,12-;/m0./s1. The summed E-state index contributed by atoms with van der Waals surface area (Å²) >= 11 is 0. The summed E-state index contributed by atoms with van der Waals surface area (Å²) in [5.74, 6) is 1.15. The monoisotopic (exact) mass is 268 g/mol. The summed E-state index contributed by atoms with van der Waals surface area (Å²) in [6, 6.07) is 0.850. The van der Waals surface area contributed by atoms with E-state index in [1.54, 1.807) is 0 Å². The average molecular weight is 269 g/mol. The Morgan fingerprint density at radius 1 is 1.44 bits per heavy atom. The molecule has 0 aromatic carbocycles. The van der Waals surface area contributed by atoms with E-state index in [9.17, 15) is 5.11 Å². The minimum Gasteiger partial charge on any atom is -0.445 e. The summed E-state index contributed by atoms with van der Waals surface area (Å²) in [5.41, 5.74) is -0.562. The van der Waals surface area contributed by atoms with Crippen LogP contribution in [0.5, 0.6) is 0 Å². The van der Waals surface area contributed by atoms with Crippen molar-refractivity contribution in [1.29, 1.82) is 0 Å². The molecule has 0 saturated carbocycles. The van der Waals surface area contributed by atoms with Gasteiger partial charge in [-0.1, -0.05) is 44.8 Å². The van der Waals surface area contributed by atoms with E-state index in [-0.39, 0.29) is 57.5 Å². The van der Waals surface area contributed by atoms with Crippen molar-refractivity contribution in [1.82, 2.24) is 0 Å². The average Bonchev–Trinajstić information content (AvgIpc) is 2.13. The van der Waals surface area contributed by atoms with Crippen molar-refractivity contribution in [2.75, 3.05) is 0 Å². The largest absolute Gasteiger partial charge is 1.00 e. The Labute approximate surface area is 144 Å². The predicted molar refractivity (Wildman–Crippen MR) is 66.2 cm³/mol. The maximum absolute atomic E-state index is 10.6. The molecule has 4 heteroatoms. The van der Waals surface area contributed by atoms with Crippen LogP contribution in [-0.4, -0.2) is 25.1 Å². The first-order valence-corrected chi connectivity index (χ1v) is 9.20. The number of hydrogen-bond donors (Lipinski definition) is 1. The van der Waals surface area contributed by atoms with Gasteiger partial charge in [-0.2, -0.15) is 6.92 Å². The van der Waals surface area contributed by atoms with E-state index in [0.29, 0.717) is 0 Å².